The van der Waals surface area contributed by atoms with Crippen LogP contribution in [-0.4, -0.2) is 27.7 Å². The van der Waals surface area contributed by atoms with Crippen molar-refractivity contribution in [3.05, 3.63) is 59.7 Å². The number of hydrogen-bond donors (Lipinski definition) is 1. The Kier molecular flexibility index (Phi) is 5.23. The fourth-order valence-electron chi connectivity index (χ4n) is 2.57. The third-order valence-corrected chi connectivity index (χ3v) is 3.77. The molecule has 112 valence electrons. The normalized spacial score (nSPS) is 12.0. The van der Waals surface area contributed by atoms with Gasteiger partial charge in [-0.3, -0.25) is 0 Å². The van der Waals surface area contributed by atoms with Gasteiger partial charge in [0.1, 0.15) is 5.75 Å². The van der Waals surface area contributed by atoms with Crippen LogP contribution in [0.3, 0.4) is 0 Å². The molecule has 0 fully saturated rings. The van der Waals surface area contributed by atoms with E-state index >= 15 is 0 Å². The molecule has 0 spiro atoms. The highest BCUT2D eigenvalue weighted by atomic mass is 16.5. The topological polar surface area (TPSA) is 38.5 Å². The Bertz CT molecular complexity index is 581. The Balaban J connectivity index is 2.25. The van der Waals surface area contributed by atoms with E-state index in [2.05, 4.69) is 49.3 Å². The minimum absolute atomic E-state index is 0.263. The van der Waals surface area contributed by atoms with Crippen LogP contribution in [0.2, 0.25) is 0 Å². The summed E-state index contributed by atoms with van der Waals surface area (Å²) < 4.78 is 5.46. The monoisotopic (exact) mass is 284 g/mol. The van der Waals surface area contributed by atoms with Crippen molar-refractivity contribution in [3.8, 4) is 5.75 Å². The van der Waals surface area contributed by atoms with Crippen molar-refractivity contribution in [1.29, 1.82) is 0 Å². The van der Waals surface area contributed by atoms with E-state index < -0.39 is 0 Å². The van der Waals surface area contributed by atoms with Crippen LogP contribution in [0.15, 0.2) is 48.5 Å². The zero-order chi connectivity index (χ0) is 15.2. The summed E-state index contributed by atoms with van der Waals surface area (Å²) in [5.41, 5.74) is 9.69. The van der Waals surface area contributed by atoms with E-state index in [0.717, 1.165) is 12.2 Å². The predicted octanol–water partition coefficient (Wildman–Crippen LogP) is 3.05. The second-order valence-electron chi connectivity index (χ2n) is 5.44. The lowest BCUT2D eigenvalue weighted by Crippen LogP contribution is -2.16. The molecule has 1 unspecified atom stereocenters. The Labute approximate surface area is 127 Å². The lowest BCUT2D eigenvalue weighted by atomic mass is 9.91. The molecule has 3 nitrogen and oxygen atoms in total. The van der Waals surface area contributed by atoms with Crippen LogP contribution in [0.5, 0.6) is 5.75 Å². The molecular formula is C18H24N2O. The number of nitrogens with two attached hydrogens (primary N) is 1. The Morgan fingerprint density at radius 3 is 2.52 bits per heavy atom. The second-order valence-corrected chi connectivity index (χ2v) is 5.44. The van der Waals surface area contributed by atoms with Crippen LogP contribution < -0.4 is 15.4 Å². The van der Waals surface area contributed by atoms with E-state index in [1.807, 2.05) is 18.2 Å². The first-order valence-corrected chi connectivity index (χ1v) is 7.25. The zero-order valence-corrected chi connectivity index (χ0v) is 13.0. The number of benzene rings is 2. The Morgan fingerprint density at radius 2 is 1.86 bits per heavy atom. The highest BCUT2D eigenvalue weighted by molar-refractivity contribution is 5.48. The summed E-state index contributed by atoms with van der Waals surface area (Å²) in [6, 6.07) is 16.7. The smallest absolute Gasteiger partial charge is 0.122 e. The average Bonchev–Trinajstić information content (AvgIpc) is 2.52. The van der Waals surface area contributed by atoms with Gasteiger partial charge in [-0.05, 0) is 42.3 Å². The van der Waals surface area contributed by atoms with Gasteiger partial charge in [-0.25, -0.2) is 0 Å². The van der Waals surface area contributed by atoms with E-state index in [-0.39, 0.29) is 5.92 Å². The molecule has 0 saturated carbocycles. The highest BCUT2D eigenvalue weighted by Gasteiger charge is 2.15. The molecule has 0 bridgehead atoms. The number of anilines is 1. The van der Waals surface area contributed by atoms with Crippen LogP contribution in [0.1, 0.15) is 17.0 Å². The summed E-state index contributed by atoms with van der Waals surface area (Å²) >= 11 is 0. The first-order chi connectivity index (χ1) is 10.2. The van der Waals surface area contributed by atoms with Gasteiger partial charge in [-0.2, -0.15) is 0 Å². The van der Waals surface area contributed by atoms with Crippen molar-refractivity contribution >= 4 is 5.69 Å². The van der Waals surface area contributed by atoms with Crippen molar-refractivity contribution in [2.75, 3.05) is 32.6 Å². The summed E-state index contributed by atoms with van der Waals surface area (Å²) in [6.07, 6.45) is 0.915. The highest BCUT2D eigenvalue weighted by Crippen LogP contribution is 2.29. The lowest BCUT2D eigenvalue weighted by Gasteiger charge is -2.19. The van der Waals surface area contributed by atoms with Gasteiger partial charge >= 0.3 is 0 Å². The third-order valence-electron chi connectivity index (χ3n) is 3.77. The summed E-state index contributed by atoms with van der Waals surface area (Å²) in [4.78, 5) is 2.12. The predicted molar refractivity (Wildman–Crippen MR) is 89.3 cm³/mol. The van der Waals surface area contributed by atoms with E-state index in [1.54, 1.807) is 7.11 Å². The van der Waals surface area contributed by atoms with Crippen molar-refractivity contribution in [3.63, 3.8) is 0 Å². The number of methoxy groups -OCH3 is 1. The number of nitrogens with zero attached hydrogens (tertiary/aromatic N) is 1. The fourth-order valence-corrected chi connectivity index (χ4v) is 2.57. The van der Waals surface area contributed by atoms with Gasteiger partial charge in [0.25, 0.3) is 0 Å². The van der Waals surface area contributed by atoms with Gasteiger partial charge < -0.3 is 15.4 Å². The van der Waals surface area contributed by atoms with Crippen molar-refractivity contribution < 1.29 is 4.74 Å². The molecule has 0 aliphatic rings. The van der Waals surface area contributed by atoms with E-state index in [0.29, 0.717) is 6.54 Å². The summed E-state index contributed by atoms with van der Waals surface area (Å²) in [5, 5.41) is 0. The lowest BCUT2D eigenvalue weighted by molar-refractivity contribution is 0.405. The molecule has 1 atom stereocenters. The van der Waals surface area contributed by atoms with E-state index in [4.69, 9.17) is 10.5 Å². The second kappa shape index (κ2) is 7.14. The number of rotatable bonds is 6. The Morgan fingerprint density at radius 1 is 1.10 bits per heavy atom. The molecule has 3 heteroatoms. The van der Waals surface area contributed by atoms with Gasteiger partial charge in [-0.1, -0.05) is 30.3 Å². The molecule has 0 aliphatic carbocycles. The fraction of sp³-hybridized carbons (Fsp3) is 0.333. The van der Waals surface area contributed by atoms with Crippen molar-refractivity contribution in [2.24, 2.45) is 5.73 Å². The first kappa shape index (κ1) is 15.4. The maximum absolute atomic E-state index is 6.01. The maximum atomic E-state index is 6.01. The largest absolute Gasteiger partial charge is 0.496 e. The molecule has 0 saturated heterocycles. The molecule has 2 aromatic carbocycles. The molecule has 2 N–H and O–H groups in total. The average molecular weight is 284 g/mol. The number of ether oxygens (including phenoxy) is 1. The molecular weight excluding hydrogens is 260 g/mol. The Hall–Kier alpha value is -2.00. The molecule has 0 amide bonds. The minimum atomic E-state index is 0.263. The molecule has 0 aromatic heterocycles. The maximum Gasteiger partial charge on any atom is 0.122 e. The van der Waals surface area contributed by atoms with Crippen molar-refractivity contribution in [1.82, 2.24) is 0 Å². The van der Waals surface area contributed by atoms with Gasteiger partial charge in [-0.15, -0.1) is 0 Å². The van der Waals surface area contributed by atoms with Crippen molar-refractivity contribution in [2.45, 2.75) is 12.3 Å². The molecule has 2 rings (SSSR count). The summed E-state index contributed by atoms with van der Waals surface area (Å²) in [6.45, 7) is 0.604. The standard InChI is InChI=1S/C18H24N2O/c1-20(2)16-8-6-7-14(12-16)11-15(13-19)17-9-4-5-10-18(17)21-3/h4-10,12,15H,11,13,19H2,1-3H3. The van der Waals surface area contributed by atoms with Crippen LogP contribution in [-0.2, 0) is 6.42 Å². The van der Waals surface area contributed by atoms with E-state index in [1.165, 1.54) is 16.8 Å². The molecule has 0 heterocycles. The van der Waals surface area contributed by atoms with Gasteiger partial charge in [0.15, 0.2) is 0 Å². The molecule has 21 heavy (non-hydrogen) atoms. The molecule has 0 aliphatic heterocycles. The third kappa shape index (κ3) is 3.76. The SMILES string of the molecule is COc1ccccc1C(CN)Cc1cccc(N(C)C)c1. The quantitative estimate of drug-likeness (QED) is 0.886. The summed E-state index contributed by atoms with van der Waals surface area (Å²) in [5.74, 6) is 1.18. The van der Waals surface area contributed by atoms with Crippen LogP contribution >= 0.6 is 0 Å². The first-order valence-electron chi connectivity index (χ1n) is 7.25. The summed E-state index contributed by atoms with van der Waals surface area (Å²) in [7, 11) is 5.82. The minimum Gasteiger partial charge on any atom is -0.496 e. The van der Waals surface area contributed by atoms with Gasteiger partial charge in [0, 0.05) is 25.7 Å². The van der Waals surface area contributed by atoms with E-state index in [9.17, 15) is 0 Å². The van der Waals surface area contributed by atoms with Crippen LogP contribution in [0.25, 0.3) is 0 Å². The van der Waals surface area contributed by atoms with Gasteiger partial charge in [0.2, 0.25) is 0 Å². The molecule has 2 aromatic rings. The van der Waals surface area contributed by atoms with Crippen LogP contribution in [0, 0.1) is 0 Å². The van der Waals surface area contributed by atoms with Gasteiger partial charge in [0.05, 0.1) is 7.11 Å². The number of hydrogen-bond acceptors (Lipinski definition) is 3. The van der Waals surface area contributed by atoms with Crippen LogP contribution in [0.4, 0.5) is 5.69 Å². The molecule has 0 radical (unpaired) electrons. The zero-order valence-electron chi connectivity index (χ0n) is 13.0. The number of para-hydroxylation sites is 1.